The number of aryl methyl sites for hydroxylation is 1. The number of rotatable bonds is 11. The van der Waals surface area contributed by atoms with Gasteiger partial charge in [0.15, 0.2) is 0 Å². The molecule has 0 saturated heterocycles. The van der Waals surface area contributed by atoms with Crippen molar-refractivity contribution in [1.82, 2.24) is 14.5 Å². The van der Waals surface area contributed by atoms with Crippen LogP contribution in [0.3, 0.4) is 0 Å². The van der Waals surface area contributed by atoms with E-state index < -0.39 is 16.1 Å². The maximum Gasteiger partial charge on any atom is 0.242 e. The van der Waals surface area contributed by atoms with E-state index in [0.29, 0.717) is 19.5 Å². The molecule has 0 unspecified atom stereocenters. The number of carbonyl (C=O) groups is 2. The molecule has 2 aromatic rings. The fraction of sp³-hybridized carbons (Fsp3) is 0.417. The molecule has 8 heteroatoms. The van der Waals surface area contributed by atoms with Crippen LogP contribution in [0.1, 0.15) is 37.8 Å². The number of likely N-dealkylation sites (N-methyl/N-ethyl adjacent to an activating group) is 1. The van der Waals surface area contributed by atoms with Crippen LogP contribution in [0.15, 0.2) is 59.5 Å². The van der Waals surface area contributed by atoms with Crippen molar-refractivity contribution in [2.75, 3.05) is 20.1 Å². The summed E-state index contributed by atoms with van der Waals surface area (Å²) in [4.78, 5) is 27.3. The Balaban J connectivity index is 2.07. The predicted molar refractivity (Wildman–Crippen MR) is 125 cm³/mol. The first-order valence-electron chi connectivity index (χ1n) is 10.8. The molecule has 7 nitrogen and oxygen atoms in total. The zero-order valence-electron chi connectivity index (χ0n) is 19.2. The average molecular weight is 460 g/mol. The minimum absolute atomic E-state index is 0.143. The van der Waals surface area contributed by atoms with Gasteiger partial charge in [-0.25, -0.2) is 12.7 Å². The third-order valence-electron chi connectivity index (χ3n) is 5.44. The number of nitrogens with zero attached hydrogens (tertiary/aromatic N) is 2. The normalized spacial score (nSPS) is 12.4. The van der Waals surface area contributed by atoms with Crippen molar-refractivity contribution in [3.8, 4) is 0 Å². The number of amides is 2. The van der Waals surface area contributed by atoms with Gasteiger partial charge in [0.1, 0.15) is 6.04 Å². The van der Waals surface area contributed by atoms with E-state index in [9.17, 15) is 18.0 Å². The van der Waals surface area contributed by atoms with Gasteiger partial charge < -0.3 is 10.2 Å². The fourth-order valence-corrected chi connectivity index (χ4v) is 4.60. The van der Waals surface area contributed by atoms with E-state index >= 15 is 0 Å². The molecule has 174 valence electrons. The summed E-state index contributed by atoms with van der Waals surface area (Å²) in [6.45, 7) is 6.53. The number of carbonyl (C=O) groups excluding carboxylic acids is 2. The molecular formula is C24H33N3O4S. The summed E-state index contributed by atoms with van der Waals surface area (Å²) >= 11 is 0. The van der Waals surface area contributed by atoms with E-state index in [1.807, 2.05) is 38.1 Å². The molecule has 0 radical (unpaired) electrons. The van der Waals surface area contributed by atoms with Gasteiger partial charge in [-0.15, -0.1) is 0 Å². The first-order chi connectivity index (χ1) is 15.2. The van der Waals surface area contributed by atoms with E-state index in [1.54, 1.807) is 42.2 Å². The Labute approximate surface area is 191 Å². The zero-order valence-corrected chi connectivity index (χ0v) is 20.1. The Kier molecular flexibility index (Phi) is 9.41. The van der Waals surface area contributed by atoms with Crippen molar-refractivity contribution < 1.29 is 18.0 Å². The van der Waals surface area contributed by atoms with Crippen molar-refractivity contribution in [2.24, 2.45) is 0 Å². The van der Waals surface area contributed by atoms with Crippen molar-refractivity contribution in [3.63, 3.8) is 0 Å². The lowest BCUT2D eigenvalue weighted by atomic mass is 10.1. The van der Waals surface area contributed by atoms with Crippen LogP contribution in [0.2, 0.25) is 0 Å². The molecule has 0 aromatic heterocycles. The molecule has 2 rings (SSSR count). The highest BCUT2D eigenvalue weighted by molar-refractivity contribution is 7.89. The second kappa shape index (κ2) is 11.8. The molecule has 2 amide bonds. The highest BCUT2D eigenvalue weighted by atomic mass is 32.2. The lowest BCUT2D eigenvalue weighted by molar-refractivity contribution is -0.140. The van der Waals surface area contributed by atoms with Crippen LogP contribution in [-0.4, -0.2) is 55.6 Å². The summed E-state index contributed by atoms with van der Waals surface area (Å²) in [5, 5.41) is 2.77. The first kappa shape index (κ1) is 25.5. The second-order valence-corrected chi connectivity index (χ2v) is 9.81. The molecule has 0 aliphatic rings. The molecule has 0 spiro atoms. The highest BCUT2D eigenvalue weighted by Crippen LogP contribution is 2.17. The molecular weight excluding hydrogens is 426 g/mol. The quantitative estimate of drug-likeness (QED) is 0.560. The molecule has 0 bridgehead atoms. The molecule has 0 aliphatic heterocycles. The van der Waals surface area contributed by atoms with Gasteiger partial charge in [-0.2, -0.15) is 0 Å². The highest BCUT2D eigenvalue weighted by Gasteiger charge is 2.26. The lowest BCUT2D eigenvalue weighted by Crippen LogP contribution is -2.47. The van der Waals surface area contributed by atoms with Crippen molar-refractivity contribution in [3.05, 3.63) is 65.7 Å². The van der Waals surface area contributed by atoms with Crippen molar-refractivity contribution >= 4 is 21.8 Å². The Hall–Kier alpha value is -2.71. The number of hydrogen-bond donors (Lipinski definition) is 1. The topological polar surface area (TPSA) is 86.8 Å². The van der Waals surface area contributed by atoms with E-state index in [2.05, 4.69) is 5.32 Å². The van der Waals surface area contributed by atoms with E-state index in [0.717, 1.165) is 11.1 Å². The summed E-state index contributed by atoms with van der Waals surface area (Å²) in [7, 11) is -2.09. The van der Waals surface area contributed by atoms with Gasteiger partial charge in [-0.1, -0.05) is 42.5 Å². The predicted octanol–water partition coefficient (Wildman–Crippen LogP) is 2.95. The van der Waals surface area contributed by atoms with Gasteiger partial charge in [0.25, 0.3) is 0 Å². The summed E-state index contributed by atoms with van der Waals surface area (Å²) < 4.78 is 26.6. The van der Waals surface area contributed by atoms with Crippen molar-refractivity contribution in [1.29, 1.82) is 0 Å². The molecule has 1 atom stereocenters. The molecule has 0 aliphatic carbocycles. The Morgan fingerprint density at radius 2 is 1.66 bits per heavy atom. The van der Waals surface area contributed by atoms with Gasteiger partial charge in [0, 0.05) is 33.1 Å². The Morgan fingerprint density at radius 3 is 2.28 bits per heavy atom. The standard InChI is InChI=1S/C24H33N3O4S/c1-5-25-24(29)20(3)27(18-21-13-10-9-12-19(21)2)23(28)16-11-17-26(4)32(30,31)22-14-7-6-8-15-22/h6-10,12-15,20H,5,11,16-18H2,1-4H3,(H,25,29)/t20-/m0/s1. The fourth-order valence-electron chi connectivity index (χ4n) is 3.36. The first-order valence-corrected chi connectivity index (χ1v) is 12.3. The molecule has 0 heterocycles. The Bertz CT molecular complexity index is 1010. The maximum absolute atomic E-state index is 13.1. The molecule has 0 saturated carbocycles. The molecule has 1 N–H and O–H groups in total. The smallest absolute Gasteiger partial charge is 0.242 e. The van der Waals surface area contributed by atoms with E-state index in [4.69, 9.17) is 0 Å². The van der Waals surface area contributed by atoms with Gasteiger partial charge in [-0.05, 0) is 50.5 Å². The summed E-state index contributed by atoms with van der Waals surface area (Å²) in [5.74, 6) is -0.393. The van der Waals surface area contributed by atoms with Gasteiger partial charge in [-0.3, -0.25) is 9.59 Å². The average Bonchev–Trinajstić information content (AvgIpc) is 2.78. The van der Waals surface area contributed by atoms with Crippen LogP contribution >= 0.6 is 0 Å². The third kappa shape index (κ3) is 6.64. The minimum atomic E-state index is -3.60. The van der Waals surface area contributed by atoms with Crippen LogP contribution in [0, 0.1) is 6.92 Å². The number of sulfonamides is 1. The van der Waals surface area contributed by atoms with Gasteiger partial charge in [0.05, 0.1) is 4.90 Å². The summed E-state index contributed by atoms with van der Waals surface area (Å²) in [6.07, 6.45) is 0.498. The van der Waals surface area contributed by atoms with Gasteiger partial charge in [0.2, 0.25) is 21.8 Å². The third-order valence-corrected chi connectivity index (χ3v) is 7.31. The van der Waals surface area contributed by atoms with Crippen LogP contribution in [0.25, 0.3) is 0 Å². The van der Waals surface area contributed by atoms with Crippen molar-refractivity contribution in [2.45, 2.75) is 51.1 Å². The van der Waals surface area contributed by atoms with Crippen LogP contribution in [0.5, 0.6) is 0 Å². The maximum atomic E-state index is 13.1. The van der Waals surface area contributed by atoms with Gasteiger partial charge >= 0.3 is 0 Å². The van der Waals surface area contributed by atoms with Crippen LogP contribution in [0.4, 0.5) is 0 Å². The Morgan fingerprint density at radius 1 is 1.03 bits per heavy atom. The number of benzene rings is 2. The van der Waals surface area contributed by atoms with E-state index in [1.165, 1.54) is 11.4 Å². The number of hydrogen-bond acceptors (Lipinski definition) is 4. The monoisotopic (exact) mass is 459 g/mol. The lowest BCUT2D eigenvalue weighted by Gasteiger charge is -2.29. The minimum Gasteiger partial charge on any atom is -0.355 e. The molecule has 2 aromatic carbocycles. The number of nitrogens with one attached hydrogen (secondary N) is 1. The second-order valence-electron chi connectivity index (χ2n) is 7.76. The summed E-state index contributed by atoms with van der Waals surface area (Å²) in [5.41, 5.74) is 2.02. The SMILES string of the molecule is CCNC(=O)[C@H](C)N(Cc1ccccc1C)C(=O)CCCN(C)S(=O)(=O)c1ccccc1. The van der Waals surface area contributed by atoms with Crippen LogP contribution < -0.4 is 5.32 Å². The largest absolute Gasteiger partial charge is 0.355 e. The zero-order chi connectivity index (χ0) is 23.7. The van der Waals surface area contributed by atoms with E-state index in [-0.39, 0.29) is 29.7 Å². The molecule has 32 heavy (non-hydrogen) atoms. The summed E-state index contributed by atoms with van der Waals surface area (Å²) in [6, 6.07) is 15.3. The molecule has 0 fully saturated rings. The van der Waals surface area contributed by atoms with Crippen LogP contribution in [-0.2, 0) is 26.2 Å².